The minimum Gasteiger partial charge on any atom is -0.481 e. The average molecular weight is 546 g/mol. The molecule has 1 fully saturated rings. The molecule has 3 aromatic rings. The van der Waals surface area contributed by atoms with Crippen molar-refractivity contribution in [2.45, 2.75) is 65.3 Å². The summed E-state index contributed by atoms with van der Waals surface area (Å²) >= 11 is 1.67. The molecule has 1 saturated heterocycles. The number of aromatic nitrogens is 1. The highest BCUT2D eigenvalue weighted by molar-refractivity contribution is 8.24. The van der Waals surface area contributed by atoms with E-state index in [2.05, 4.69) is 65.4 Å². The molecule has 2 aromatic carbocycles. The Hall–Kier alpha value is -2.33. The number of benzene rings is 2. The molecule has 37 heavy (non-hydrogen) atoms. The third-order valence-electron chi connectivity index (χ3n) is 7.05. The van der Waals surface area contributed by atoms with E-state index in [0.29, 0.717) is 17.4 Å². The zero-order valence-electron chi connectivity index (χ0n) is 22.1. The molecule has 0 radical (unpaired) electrons. The minimum absolute atomic E-state index is 0.0722. The molecule has 0 bridgehead atoms. The van der Waals surface area contributed by atoms with Crippen LogP contribution in [-0.2, 0) is 4.79 Å². The summed E-state index contributed by atoms with van der Waals surface area (Å²) < 4.78 is 21.6. The van der Waals surface area contributed by atoms with Gasteiger partial charge < -0.3 is 15.3 Å². The second kappa shape index (κ2) is 11.6. The molecule has 1 aliphatic heterocycles. The first-order valence-corrected chi connectivity index (χ1v) is 15.7. The van der Waals surface area contributed by atoms with Gasteiger partial charge in [0.05, 0.1) is 33.0 Å². The molecule has 4 N–H and O–H groups in total. The fraction of sp³-hybridized carbons (Fsp3) is 0.500. The van der Waals surface area contributed by atoms with Crippen LogP contribution in [-0.4, -0.2) is 49.3 Å². The zero-order valence-corrected chi connectivity index (χ0v) is 23.7. The Kier molecular flexibility index (Phi) is 8.68. The van der Waals surface area contributed by atoms with Gasteiger partial charge in [-0.15, -0.1) is 11.3 Å². The number of nitrogens with one attached hydrogen (secondary N) is 1. The summed E-state index contributed by atoms with van der Waals surface area (Å²) in [4.78, 5) is 18.6. The molecular formula is C28H39N3O4S2. The van der Waals surface area contributed by atoms with E-state index in [-0.39, 0.29) is 18.4 Å². The van der Waals surface area contributed by atoms with Gasteiger partial charge in [0.1, 0.15) is 0 Å². The highest BCUT2D eigenvalue weighted by Crippen LogP contribution is 2.46. The van der Waals surface area contributed by atoms with Gasteiger partial charge in [0.2, 0.25) is 0 Å². The third-order valence-corrected chi connectivity index (χ3v) is 9.78. The Morgan fingerprint density at radius 2 is 1.92 bits per heavy atom. The Labute approximate surface area is 225 Å². The smallest absolute Gasteiger partial charge is 0.303 e. The summed E-state index contributed by atoms with van der Waals surface area (Å²) in [6, 6.07) is 12.7. The maximum absolute atomic E-state index is 11.5. The SMILES string of the molecule is CCC(CC(=O)O)c1ccc(N(CC(C)C)C2CCS(O)(O)CC2)c(Nc2ccc3sc(C)nc3c2)c1. The topological polar surface area (TPSA) is 106 Å². The van der Waals surface area contributed by atoms with Gasteiger partial charge in [-0.3, -0.25) is 13.9 Å². The van der Waals surface area contributed by atoms with Crippen molar-refractivity contribution in [3.63, 3.8) is 0 Å². The number of anilines is 3. The first kappa shape index (κ1) is 27.7. The van der Waals surface area contributed by atoms with Crippen LogP contribution >= 0.6 is 21.9 Å². The molecule has 1 aliphatic rings. The summed E-state index contributed by atoms with van der Waals surface area (Å²) in [5, 5.41) is 14.1. The number of carboxylic acids is 1. The summed E-state index contributed by atoms with van der Waals surface area (Å²) in [5.41, 5.74) is 4.89. The van der Waals surface area contributed by atoms with Gasteiger partial charge in [-0.25, -0.2) is 4.98 Å². The highest BCUT2D eigenvalue weighted by Gasteiger charge is 2.30. The Morgan fingerprint density at radius 3 is 2.57 bits per heavy atom. The van der Waals surface area contributed by atoms with Crippen LogP contribution in [0.25, 0.3) is 10.2 Å². The lowest BCUT2D eigenvalue weighted by atomic mass is 9.92. The van der Waals surface area contributed by atoms with Crippen molar-refractivity contribution in [3.05, 3.63) is 47.0 Å². The number of thiazole rings is 1. The number of aryl methyl sites for hydroxylation is 1. The molecule has 4 rings (SSSR count). The largest absolute Gasteiger partial charge is 0.481 e. The third kappa shape index (κ3) is 6.96. The van der Waals surface area contributed by atoms with Crippen molar-refractivity contribution in [2.24, 2.45) is 5.92 Å². The first-order chi connectivity index (χ1) is 17.5. The summed E-state index contributed by atoms with van der Waals surface area (Å²) in [6.07, 6.45) is 2.30. The molecule has 1 atom stereocenters. The number of nitrogens with zero attached hydrogens (tertiary/aromatic N) is 2. The molecule has 0 spiro atoms. The molecule has 7 nitrogen and oxygen atoms in total. The molecule has 2 heterocycles. The van der Waals surface area contributed by atoms with E-state index >= 15 is 0 Å². The molecule has 9 heteroatoms. The van der Waals surface area contributed by atoms with Crippen LogP contribution in [0.5, 0.6) is 0 Å². The number of fused-ring (bicyclic) bond motifs is 1. The predicted octanol–water partition coefficient (Wildman–Crippen LogP) is 7.69. The van der Waals surface area contributed by atoms with Crippen molar-refractivity contribution in [2.75, 3.05) is 28.3 Å². The van der Waals surface area contributed by atoms with Crippen LogP contribution in [0, 0.1) is 12.8 Å². The minimum atomic E-state index is -2.47. The lowest BCUT2D eigenvalue weighted by Crippen LogP contribution is -2.42. The van der Waals surface area contributed by atoms with Crippen LogP contribution in [0.1, 0.15) is 62.9 Å². The fourth-order valence-corrected chi connectivity index (χ4v) is 7.50. The van der Waals surface area contributed by atoms with Crippen molar-refractivity contribution < 1.29 is 19.0 Å². The maximum atomic E-state index is 11.5. The van der Waals surface area contributed by atoms with Gasteiger partial charge >= 0.3 is 5.97 Å². The van der Waals surface area contributed by atoms with E-state index < -0.39 is 16.6 Å². The number of aliphatic carboxylic acids is 1. The molecule has 1 aromatic heterocycles. The van der Waals surface area contributed by atoms with Crippen LogP contribution in [0.2, 0.25) is 0 Å². The number of hydrogen-bond acceptors (Lipinski definition) is 7. The molecule has 0 aliphatic carbocycles. The predicted molar refractivity (Wildman–Crippen MR) is 157 cm³/mol. The number of carbonyl (C=O) groups is 1. The number of hydrogen-bond donors (Lipinski definition) is 4. The van der Waals surface area contributed by atoms with E-state index in [1.807, 2.05) is 13.8 Å². The highest BCUT2D eigenvalue weighted by atomic mass is 32.3. The standard InChI is InChI=1S/C28H39N3O4S2/c1-5-20(15-28(32)33)21-6-8-26(31(17-18(2)3)23-10-12-37(34,35)13-11-23)24(14-21)30-22-7-9-27-25(16-22)29-19(4)36-27/h6-9,14,16,18,20,23,30,34-35H,5,10-13,15,17H2,1-4H3,(H,32,33). The zero-order chi connectivity index (χ0) is 26.7. The van der Waals surface area contributed by atoms with E-state index in [0.717, 1.165) is 63.7 Å². The van der Waals surface area contributed by atoms with Gasteiger partial charge in [-0.1, -0.05) is 26.8 Å². The molecule has 202 valence electrons. The Bertz CT molecular complexity index is 1230. The van der Waals surface area contributed by atoms with E-state index in [4.69, 9.17) is 0 Å². The molecular weight excluding hydrogens is 506 g/mol. The normalized spacial score (nSPS) is 17.6. The Morgan fingerprint density at radius 1 is 1.19 bits per heavy atom. The average Bonchev–Trinajstić information content (AvgIpc) is 3.20. The van der Waals surface area contributed by atoms with Crippen molar-refractivity contribution >= 4 is 55.2 Å². The molecule has 0 saturated carbocycles. The van der Waals surface area contributed by atoms with E-state index in [1.165, 1.54) is 0 Å². The van der Waals surface area contributed by atoms with Crippen LogP contribution in [0.4, 0.5) is 17.1 Å². The molecule has 0 amide bonds. The van der Waals surface area contributed by atoms with Crippen molar-refractivity contribution in [1.29, 1.82) is 0 Å². The van der Waals surface area contributed by atoms with Gasteiger partial charge in [0.15, 0.2) is 0 Å². The monoisotopic (exact) mass is 545 g/mol. The second-order valence-corrected chi connectivity index (χ2v) is 14.2. The maximum Gasteiger partial charge on any atom is 0.303 e. The van der Waals surface area contributed by atoms with Crippen molar-refractivity contribution in [3.8, 4) is 0 Å². The van der Waals surface area contributed by atoms with Gasteiger partial charge in [0, 0.05) is 29.8 Å². The summed E-state index contributed by atoms with van der Waals surface area (Å²) in [5.74, 6) is 0.418. The van der Waals surface area contributed by atoms with Crippen molar-refractivity contribution in [1.82, 2.24) is 4.98 Å². The number of rotatable bonds is 10. The van der Waals surface area contributed by atoms with Crippen LogP contribution in [0.3, 0.4) is 0 Å². The number of carboxylic acid groups (broad SMARTS) is 1. The first-order valence-electron chi connectivity index (χ1n) is 13.0. The van der Waals surface area contributed by atoms with Crippen LogP contribution < -0.4 is 10.2 Å². The lowest BCUT2D eigenvalue weighted by molar-refractivity contribution is -0.137. The Balaban J connectivity index is 1.75. The van der Waals surface area contributed by atoms with Gasteiger partial charge in [-0.05, 0) is 73.9 Å². The van der Waals surface area contributed by atoms with Gasteiger partial charge in [0.25, 0.3) is 0 Å². The second-order valence-electron chi connectivity index (χ2n) is 10.5. The lowest BCUT2D eigenvalue weighted by Gasteiger charge is -2.45. The summed E-state index contributed by atoms with van der Waals surface area (Å²) in [6.45, 7) is 9.27. The van der Waals surface area contributed by atoms with Crippen LogP contribution in [0.15, 0.2) is 36.4 Å². The van der Waals surface area contributed by atoms with Gasteiger partial charge in [-0.2, -0.15) is 10.6 Å². The van der Waals surface area contributed by atoms with E-state index in [1.54, 1.807) is 11.3 Å². The molecule has 1 unspecified atom stereocenters. The summed E-state index contributed by atoms with van der Waals surface area (Å²) in [7, 11) is -2.47. The quantitative estimate of drug-likeness (QED) is 0.207. The van der Waals surface area contributed by atoms with E-state index in [9.17, 15) is 19.0 Å². The fourth-order valence-electron chi connectivity index (χ4n) is 5.19.